The predicted octanol–water partition coefficient (Wildman–Crippen LogP) is 6.87. The maximum absolute atomic E-state index is 6.61. The Kier molecular flexibility index (Phi) is 6.93. The molecule has 1 nitrogen and oxygen atoms in total. The van der Waals surface area contributed by atoms with Gasteiger partial charge < -0.3 is 4.52 Å². The first-order valence-electron chi connectivity index (χ1n) is 8.58. The molecule has 0 radical (unpaired) electrons. The second kappa shape index (κ2) is 7.82. The van der Waals surface area contributed by atoms with Gasteiger partial charge in [-0.15, -0.1) is 0 Å². The van der Waals surface area contributed by atoms with E-state index in [-0.39, 0.29) is 0 Å². The first kappa shape index (κ1) is 19.5. The van der Waals surface area contributed by atoms with Crippen LogP contribution in [0.5, 0.6) is 5.75 Å². The predicted molar refractivity (Wildman–Crippen MR) is 102 cm³/mol. The number of rotatable bonds is 6. The lowest BCUT2D eigenvalue weighted by molar-refractivity contribution is 0.376. The topological polar surface area (TPSA) is 9.23 Å². The first-order valence-corrected chi connectivity index (χ1v) is 9.98. The molecule has 0 unspecified atom stereocenters. The fourth-order valence-electron chi connectivity index (χ4n) is 2.59. The van der Waals surface area contributed by atoms with Crippen molar-refractivity contribution in [2.75, 3.05) is 0 Å². The molecule has 0 saturated carbocycles. The van der Waals surface area contributed by atoms with Crippen LogP contribution in [0.4, 0.5) is 0 Å². The molecule has 1 rings (SSSR count). The van der Waals surface area contributed by atoms with E-state index in [1.165, 1.54) is 23.1 Å². The van der Waals surface area contributed by atoms with Crippen molar-refractivity contribution in [3.05, 3.63) is 28.8 Å². The largest absolute Gasteiger partial charge is 0.473 e. The zero-order valence-electron chi connectivity index (χ0n) is 16.1. The Morgan fingerprint density at radius 1 is 1.00 bits per heavy atom. The molecule has 0 fully saturated rings. The summed E-state index contributed by atoms with van der Waals surface area (Å²) in [6.45, 7) is 20.5. The molecule has 0 bridgehead atoms. The molecule has 22 heavy (non-hydrogen) atoms. The van der Waals surface area contributed by atoms with E-state index in [1.54, 1.807) is 0 Å². The van der Waals surface area contributed by atoms with Crippen molar-refractivity contribution in [3.8, 4) is 5.75 Å². The first-order chi connectivity index (χ1) is 10.0. The van der Waals surface area contributed by atoms with Crippen LogP contribution in [0.15, 0.2) is 12.1 Å². The second-order valence-corrected chi connectivity index (χ2v) is 11.2. The lowest BCUT2D eigenvalue weighted by atomic mass is 9.88. The minimum atomic E-state index is -0.439. The number of hydrogen-bond acceptors (Lipinski definition) is 1. The van der Waals surface area contributed by atoms with E-state index in [2.05, 4.69) is 74.4 Å². The highest BCUT2D eigenvalue weighted by Crippen LogP contribution is 2.49. The Labute approximate surface area is 139 Å². The highest BCUT2D eigenvalue weighted by atomic mass is 31.1. The molecule has 0 atom stereocenters. The van der Waals surface area contributed by atoms with Crippen LogP contribution in [-0.4, -0.2) is 11.3 Å². The maximum atomic E-state index is 6.61. The molecule has 0 saturated heterocycles. The zero-order valence-corrected chi connectivity index (χ0v) is 17.0. The molecule has 0 spiro atoms. The van der Waals surface area contributed by atoms with Crippen LogP contribution in [0.2, 0.25) is 0 Å². The van der Waals surface area contributed by atoms with Gasteiger partial charge >= 0.3 is 0 Å². The van der Waals surface area contributed by atoms with Gasteiger partial charge in [-0.2, -0.15) is 0 Å². The molecular weight excluding hydrogens is 287 g/mol. The van der Waals surface area contributed by atoms with Gasteiger partial charge in [0.05, 0.1) is 8.15 Å². The van der Waals surface area contributed by atoms with Crippen LogP contribution in [0.1, 0.15) is 71.6 Å². The van der Waals surface area contributed by atoms with Gasteiger partial charge in [-0.05, 0) is 48.8 Å². The number of benzene rings is 1. The molecule has 0 N–H and O–H groups in total. The summed E-state index contributed by atoms with van der Waals surface area (Å²) in [5.41, 5.74) is 5.57. The van der Waals surface area contributed by atoms with Gasteiger partial charge in [0, 0.05) is 11.3 Å². The third-order valence-electron chi connectivity index (χ3n) is 4.12. The van der Waals surface area contributed by atoms with Gasteiger partial charge in [-0.1, -0.05) is 60.6 Å². The van der Waals surface area contributed by atoms with E-state index >= 15 is 0 Å². The smallest absolute Gasteiger partial charge is 0.129 e. The molecule has 0 aliphatic heterocycles. The summed E-state index contributed by atoms with van der Waals surface area (Å²) < 4.78 is 6.61. The molecule has 2 heteroatoms. The van der Waals surface area contributed by atoms with E-state index in [1.807, 2.05) is 0 Å². The third kappa shape index (κ3) is 5.58. The summed E-state index contributed by atoms with van der Waals surface area (Å²) in [7, 11) is -0.439. The van der Waals surface area contributed by atoms with E-state index in [9.17, 15) is 0 Å². The van der Waals surface area contributed by atoms with Crippen LogP contribution in [0, 0.1) is 19.3 Å². The van der Waals surface area contributed by atoms with Crippen molar-refractivity contribution < 1.29 is 4.52 Å². The number of aryl methyl sites for hydroxylation is 2. The van der Waals surface area contributed by atoms with Gasteiger partial charge in [-0.3, -0.25) is 0 Å². The van der Waals surface area contributed by atoms with Crippen molar-refractivity contribution in [3.63, 3.8) is 0 Å². The highest BCUT2D eigenvalue weighted by molar-refractivity contribution is 7.54. The molecule has 126 valence electrons. The van der Waals surface area contributed by atoms with Crippen molar-refractivity contribution in [2.45, 2.75) is 86.5 Å². The number of hydrogen-bond donors (Lipinski definition) is 0. The summed E-state index contributed by atoms with van der Waals surface area (Å²) in [6, 6.07) is 4.52. The van der Waals surface area contributed by atoms with Crippen molar-refractivity contribution >= 4 is 8.15 Å². The maximum Gasteiger partial charge on any atom is 0.129 e. The van der Waals surface area contributed by atoms with Crippen LogP contribution in [0.3, 0.4) is 0 Å². The van der Waals surface area contributed by atoms with Gasteiger partial charge in [0.2, 0.25) is 0 Å². The average molecular weight is 322 g/mol. The summed E-state index contributed by atoms with van der Waals surface area (Å²) in [5, 5.41) is 0. The molecule has 0 aliphatic carbocycles. The molecule has 0 aliphatic rings. The molecule has 1 aromatic carbocycles. The minimum Gasteiger partial charge on any atom is -0.473 e. The Morgan fingerprint density at radius 2 is 1.55 bits per heavy atom. The van der Waals surface area contributed by atoms with E-state index in [0.29, 0.717) is 16.7 Å². The molecule has 0 amide bonds. The van der Waals surface area contributed by atoms with Gasteiger partial charge in [0.25, 0.3) is 0 Å². The fourth-order valence-corrected chi connectivity index (χ4v) is 4.67. The standard InChI is InChI=1S/C20H35OP/c1-14(2)22(15(3)4)21-19-17(6)16(5)10-11-18(19)12-13-20(7,8)9/h10-11,14-15H,12-13H2,1-9H3. The Hall–Kier alpha value is -0.550. The normalized spacial score (nSPS) is 12.5. The van der Waals surface area contributed by atoms with Crippen LogP contribution in [0.25, 0.3) is 0 Å². The zero-order chi connectivity index (χ0) is 17.1. The van der Waals surface area contributed by atoms with Gasteiger partial charge in [0.15, 0.2) is 0 Å². The SMILES string of the molecule is Cc1ccc(CCC(C)(C)C)c(OP(C(C)C)C(C)C)c1C. The van der Waals surface area contributed by atoms with Crippen LogP contribution < -0.4 is 4.52 Å². The lowest BCUT2D eigenvalue weighted by Gasteiger charge is -2.29. The van der Waals surface area contributed by atoms with Crippen LogP contribution >= 0.6 is 8.15 Å². The summed E-state index contributed by atoms with van der Waals surface area (Å²) in [6.07, 6.45) is 2.28. The lowest BCUT2D eigenvalue weighted by Crippen LogP contribution is -2.11. The molecule has 0 heterocycles. The molecule has 1 aromatic rings. The molecule has 0 aromatic heterocycles. The summed E-state index contributed by atoms with van der Waals surface area (Å²) in [4.78, 5) is 0. The Bertz CT molecular complexity index is 475. The van der Waals surface area contributed by atoms with E-state index in [4.69, 9.17) is 4.52 Å². The average Bonchev–Trinajstić information content (AvgIpc) is 2.37. The Morgan fingerprint density at radius 3 is 2.00 bits per heavy atom. The van der Waals surface area contributed by atoms with Crippen molar-refractivity contribution in [1.29, 1.82) is 0 Å². The molecular formula is C20H35OP. The van der Waals surface area contributed by atoms with Crippen molar-refractivity contribution in [2.24, 2.45) is 5.41 Å². The highest BCUT2D eigenvalue weighted by Gasteiger charge is 2.23. The van der Waals surface area contributed by atoms with E-state index < -0.39 is 8.15 Å². The fraction of sp³-hybridized carbons (Fsp3) is 0.700. The quantitative estimate of drug-likeness (QED) is 0.519. The minimum absolute atomic E-state index is 0.358. The van der Waals surface area contributed by atoms with E-state index in [0.717, 1.165) is 12.2 Å². The van der Waals surface area contributed by atoms with Gasteiger partial charge in [-0.25, -0.2) is 0 Å². The second-order valence-electron chi connectivity index (χ2n) is 8.20. The summed E-state index contributed by atoms with van der Waals surface area (Å²) in [5.74, 6) is 1.16. The van der Waals surface area contributed by atoms with Crippen molar-refractivity contribution in [1.82, 2.24) is 0 Å². The summed E-state index contributed by atoms with van der Waals surface area (Å²) >= 11 is 0. The van der Waals surface area contributed by atoms with Crippen LogP contribution in [-0.2, 0) is 6.42 Å². The third-order valence-corrected chi connectivity index (χ3v) is 6.55. The monoisotopic (exact) mass is 322 g/mol. The Balaban J connectivity index is 3.11. The van der Waals surface area contributed by atoms with Gasteiger partial charge in [0.1, 0.15) is 5.75 Å².